The third kappa shape index (κ3) is 3.89. The second-order valence-electron chi connectivity index (χ2n) is 6.91. The van der Waals surface area contributed by atoms with Crippen molar-refractivity contribution in [1.29, 1.82) is 0 Å². The summed E-state index contributed by atoms with van der Waals surface area (Å²) in [5.74, 6) is 1.52. The zero-order valence-electron chi connectivity index (χ0n) is 17.3. The Morgan fingerprint density at radius 1 is 1.06 bits per heavy atom. The molecule has 0 saturated heterocycles. The lowest BCUT2D eigenvalue weighted by Gasteiger charge is -2.25. The molecule has 0 unspecified atom stereocenters. The maximum atomic E-state index is 13.1. The van der Waals surface area contributed by atoms with Gasteiger partial charge in [-0.05, 0) is 6.07 Å². The van der Waals surface area contributed by atoms with E-state index in [9.17, 15) is 9.59 Å². The number of nitrogens with zero attached hydrogens (tertiary/aromatic N) is 2. The van der Waals surface area contributed by atoms with Gasteiger partial charge in [-0.2, -0.15) is 5.10 Å². The molecule has 0 radical (unpaired) electrons. The molecule has 2 N–H and O–H groups in total. The maximum absolute atomic E-state index is 13.1. The highest BCUT2D eigenvalue weighted by Gasteiger charge is 2.33. The molecule has 0 fully saturated rings. The summed E-state index contributed by atoms with van der Waals surface area (Å²) in [5.41, 5.74) is 1.93. The van der Waals surface area contributed by atoms with Crippen LogP contribution in [0.15, 0.2) is 48.7 Å². The molecular weight excluding hydrogens is 400 g/mol. The average molecular weight is 422 g/mol. The molecule has 9 heteroatoms. The number of hydrogen-bond acceptors (Lipinski definition) is 6. The third-order valence-corrected chi connectivity index (χ3v) is 5.05. The highest BCUT2D eigenvalue weighted by molar-refractivity contribution is 6.03. The number of para-hydroxylation sites is 1. The predicted molar refractivity (Wildman–Crippen MR) is 115 cm³/mol. The SMILES string of the molecule is COc1cc(NC(=O)[C@H]2CC(=O)Nc3c(-c4ccccc4OC)cnn32)cc(OC)c1. The van der Waals surface area contributed by atoms with Crippen LogP contribution in [0, 0.1) is 0 Å². The maximum Gasteiger partial charge on any atom is 0.249 e. The van der Waals surface area contributed by atoms with Crippen LogP contribution >= 0.6 is 0 Å². The number of amides is 2. The number of anilines is 2. The fraction of sp³-hybridized carbons (Fsp3) is 0.227. The van der Waals surface area contributed by atoms with Gasteiger partial charge >= 0.3 is 0 Å². The lowest BCUT2D eigenvalue weighted by Crippen LogP contribution is -2.35. The first-order valence-electron chi connectivity index (χ1n) is 9.58. The molecular formula is C22H22N4O5. The Hall–Kier alpha value is -4.01. The summed E-state index contributed by atoms with van der Waals surface area (Å²) in [6.07, 6.45) is 1.58. The lowest BCUT2D eigenvalue weighted by atomic mass is 10.1. The molecule has 2 amide bonds. The van der Waals surface area contributed by atoms with Crippen molar-refractivity contribution in [2.75, 3.05) is 32.0 Å². The summed E-state index contributed by atoms with van der Waals surface area (Å²) < 4.78 is 17.4. The highest BCUT2D eigenvalue weighted by atomic mass is 16.5. The molecule has 1 atom stereocenters. The Morgan fingerprint density at radius 3 is 2.45 bits per heavy atom. The van der Waals surface area contributed by atoms with Gasteiger partial charge in [0.1, 0.15) is 29.1 Å². The molecule has 2 aromatic carbocycles. The van der Waals surface area contributed by atoms with Crippen molar-refractivity contribution in [1.82, 2.24) is 9.78 Å². The normalized spacial score (nSPS) is 14.9. The fourth-order valence-corrected chi connectivity index (χ4v) is 3.54. The van der Waals surface area contributed by atoms with E-state index in [1.807, 2.05) is 24.3 Å². The first-order chi connectivity index (χ1) is 15.0. The summed E-state index contributed by atoms with van der Waals surface area (Å²) in [6.45, 7) is 0. The molecule has 0 aliphatic carbocycles. The number of benzene rings is 2. The van der Waals surface area contributed by atoms with Gasteiger partial charge in [0, 0.05) is 35.0 Å². The van der Waals surface area contributed by atoms with E-state index in [-0.39, 0.29) is 18.2 Å². The second-order valence-corrected chi connectivity index (χ2v) is 6.91. The quantitative estimate of drug-likeness (QED) is 0.633. The van der Waals surface area contributed by atoms with E-state index in [1.165, 1.54) is 18.9 Å². The standard InChI is InChI=1S/C22H22N4O5/c1-29-14-8-13(9-15(10-14)30-2)24-22(28)18-11-20(27)25-21-17(12-23-26(18)21)16-6-4-5-7-19(16)31-3/h4-10,12,18H,11H2,1-3H3,(H,24,28)(H,25,27)/t18-/m1/s1. The molecule has 9 nitrogen and oxygen atoms in total. The number of hydrogen-bond donors (Lipinski definition) is 2. The van der Waals surface area contributed by atoms with Gasteiger partial charge in [-0.1, -0.05) is 18.2 Å². The number of fused-ring (bicyclic) bond motifs is 1. The van der Waals surface area contributed by atoms with Gasteiger partial charge in [0.2, 0.25) is 11.8 Å². The number of carbonyl (C=O) groups excluding carboxylic acids is 2. The van der Waals surface area contributed by atoms with Gasteiger partial charge < -0.3 is 24.8 Å². The molecule has 4 rings (SSSR count). The molecule has 0 saturated carbocycles. The van der Waals surface area contributed by atoms with Crippen molar-refractivity contribution in [3.05, 3.63) is 48.7 Å². The minimum absolute atomic E-state index is 0.0347. The van der Waals surface area contributed by atoms with E-state index in [4.69, 9.17) is 14.2 Å². The smallest absolute Gasteiger partial charge is 0.249 e. The molecule has 31 heavy (non-hydrogen) atoms. The van der Waals surface area contributed by atoms with Crippen molar-refractivity contribution in [2.24, 2.45) is 0 Å². The predicted octanol–water partition coefficient (Wildman–Crippen LogP) is 3.10. The number of ether oxygens (including phenoxy) is 3. The summed E-state index contributed by atoms with van der Waals surface area (Å²) in [5, 5.41) is 10.0. The van der Waals surface area contributed by atoms with Crippen LogP contribution in [0.3, 0.4) is 0 Å². The molecule has 1 aliphatic rings. The van der Waals surface area contributed by atoms with Gasteiger partial charge in [-0.25, -0.2) is 4.68 Å². The zero-order valence-corrected chi connectivity index (χ0v) is 17.3. The molecule has 1 aromatic heterocycles. The Bertz CT molecular complexity index is 1120. The number of nitrogens with one attached hydrogen (secondary N) is 2. The van der Waals surface area contributed by atoms with E-state index in [0.717, 1.165) is 5.56 Å². The first-order valence-corrected chi connectivity index (χ1v) is 9.58. The van der Waals surface area contributed by atoms with Crippen molar-refractivity contribution < 1.29 is 23.8 Å². The van der Waals surface area contributed by atoms with Gasteiger partial charge in [0.15, 0.2) is 0 Å². The molecule has 1 aliphatic heterocycles. The number of rotatable bonds is 6. The van der Waals surface area contributed by atoms with Crippen molar-refractivity contribution in [2.45, 2.75) is 12.5 Å². The zero-order chi connectivity index (χ0) is 22.0. The van der Waals surface area contributed by atoms with Crippen LogP contribution < -0.4 is 24.8 Å². The van der Waals surface area contributed by atoms with Gasteiger partial charge in [0.05, 0.1) is 33.9 Å². The fourth-order valence-electron chi connectivity index (χ4n) is 3.54. The van der Waals surface area contributed by atoms with Gasteiger partial charge in [-0.3, -0.25) is 9.59 Å². The molecule has 0 spiro atoms. The average Bonchev–Trinajstić information content (AvgIpc) is 3.21. The van der Waals surface area contributed by atoms with E-state index in [1.54, 1.807) is 31.5 Å². The van der Waals surface area contributed by atoms with Crippen molar-refractivity contribution >= 4 is 23.3 Å². The summed E-state index contributed by atoms with van der Waals surface area (Å²) in [7, 11) is 4.63. The molecule has 0 bridgehead atoms. The molecule has 2 heterocycles. The van der Waals surface area contributed by atoms with Crippen LogP contribution in [0.25, 0.3) is 11.1 Å². The van der Waals surface area contributed by atoms with Crippen LogP contribution in [0.4, 0.5) is 11.5 Å². The van der Waals surface area contributed by atoms with Crippen molar-refractivity contribution in [3.8, 4) is 28.4 Å². The third-order valence-electron chi connectivity index (χ3n) is 5.05. The van der Waals surface area contributed by atoms with E-state index >= 15 is 0 Å². The minimum atomic E-state index is -0.815. The van der Waals surface area contributed by atoms with Gasteiger partial charge in [-0.15, -0.1) is 0 Å². The topological polar surface area (TPSA) is 104 Å². The minimum Gasteiger partial charge on any atom is -0.497 e. The number of aromatic nitrogens is 2. The van der Waals surface area contributed by atoms with Crippen LogP contribution in [0.2, 0.25) is 0 Å². The Labute approximate surface area is 178 Å². The van der Waals surface area contributed by atoms with Crippen molar-refractivity contribution in [3.63, 3.8) is 0 Å². The van der Waals surface area contributed by atoms with Gasteiger partial charge in [0.25, 0.3) is 0 Å². The first kappa shape index (κ1) is 20.3. The van der Waals surface area contributed by atoms with E-state index in [0.29, 0.717) is 34.3 Å². The number of methoxy groups -OCH3 is 3. The van der Waals surface area contributed by atoms with Crippen LogP contribution in [0.1, 0.15) is 12.5 Å². The van der Waals surface area contributed by atoms with Crippen LogP contribution in [-0.4, -0.2) is 42.9 Å². The summed E-state index contributed by atoms with van der Waals surface area (Å²) in [4.78, 5) is 25.5. The second kappa shape index (κ2) is 8.39. The molecule has 160 valence electrons. The summed E-state index contributed by atoms with van der Waals surface area (Å²) >= 11 is 0. The Balaban J connectivity index is 1.67. The molecule has 3 aromatic rings. The largest absolute Gasteiger partial charge is 0.497 e. The van der Waals surface area contributed by atoms with Crippen LogP contribution in [-0.2, 0) is 9.59 Å². The Kier molecular flexibility index (Phi) is 5.48. The van der Waals surface area contributed by atoms with E-state index < -0.39 is 6.04 Å². The van der Waals surface area contributed by atoms with Crippen LogP contribution in [0.5, 0.6) is 17.2 Å². The summed E-state index contributed by atoms with van der Waals surface area (Å²) in [6, 6.07) is 11.7. The highest BCUT2D eigenvalue weighted by Crippen LogP contribution is 2.38. The monoisotopic (exact) mass is 422 g/mol. The number of carbonyl (C=O) groups is 2. The Morgan fingerprint density at radius 2 is 1.77 bits per heavy atom. The van der Waals surface area contributed by atoms with E-state index in [2.05, 4.69) is 15.7 Å². The lowest BCUT2D eigenvalue weighted by molar-refractivity contribution is -0.125.